The number of hydrogen-bond acceptors (Lipinski definition) is 3. The van der Waals surface area contributed by atoms with E-state index in [-0.39, 0.29) is 30.7 Å². The highest BCUT2D eigenvalue weighted by Crippen LogP contribution is 2.03. The maximum Gasteiger partial charge on any atom is 0.289 e. The van der Waals surface area contributed by atoms with Gasteiger partial charge in [-0.2, -0.15) is 0 Å². The van der Waals surface area contributed by atoms with Crippen LogP contribution >= 0.6 is 11.6 Å². The average Bonchev–Trinajstić information content (AvgIpc) is 2.78. The van der Waals surface area contributed by atoms with Crippen LogP contribution in [0.1, 0.15) is 10.6 Å². The lowest BCUT2D eigenvalue weighted by Crippen LogP contribution is -2.38. The van der Waals surface area contributed by atoms with Crippen molar-refractivity contribution in [2.45, 2.75) is 0 Å². The Hall–Kier alpha value is -1.75. The number of amides is 2. The lowest BCUT2D eigenvalue weighted by Gasteiger charge is -2.15. The number of furan rings is 1. The molecule has 5 nitrogen and oxygen atoms in total. The van der Waals surface area contributed by atoms with Crippen LogP contribution in [0, 0.1) is 0 Å². The maximum atomic E-state index is 11.7. The number of carbonyl (C=O) groups is 2. The van der Waals surface area contributed by atoms with Crippen molar-refractivity contribution < 1.29 is 14.0 Å². The summed E-state index contributed by atoms with van der Waals surface area (Å²) in [7, 11) is 1.51. The van der Waals surface area contributed by atoms with Gasteiger partial charge in [-0.15, -0.1) is 0 Å². The van der Waals surface area contributed by atoms with Crippen molar-refractivity contribution in [1.82, 2.24) is 10.2 Å². The summed E-state index contributed by atoms with van der Waals surface area (Å²) in [6.07, 6.45) is 1.40. The Morgan fingerprint density at radius 3 is 2.82 bits per heavy atom. The molecule has 0 saturated heterocycles. The average molecular weight is 257 g/mol. The van der Waals surface area contributed by atoms with Gasteiger partial charge in [0.15, 0.2) is 5.76 Å². The zero-order valence-electron chi connectivity index (χ0n) is 9.40. The van der Waals surface area contributed by atoms with E-state index in [1.54, 1.807) is 6.07 Å². The first-order valence-electron chi connectivity index (χ1n) is 4.89. The molecule has 0 aliphatic carbocycles. The highest BCUT2D eigenvalue weighted by molar-refractivity contribution is 6.29. The molecule has 0 radical (unpaired) electrons. The quantitative estimate of drug-likeness (QED) is 0.862. The summed E-state index contributed by atoms with van der Waals surface area (Å²) >= 11 is 5.50. The Kier molecular flexibility index (Phi) is 4.78. The van der Waals surface area contributed by atoms with Crippen LogP contribution in [0.4, 0.5) is 0 Å². The Labute approximate surface area is 104 Å². The Morgan fingerprint density at radius 1 is 1.59 bits per heavy atom. The molecule has 17 heavy (non-hydrogen) atoms. The van der Waals surface area contributed by atoms with Gasteiger partial charge in [-0.3, -0.25) is 9.59 Å². The smallest absolute Gasteiger partial charge is 0.289 e. The normalized spacial score (nSPS) is 9.76. The minimum absolute atomic E-state index is 0.0658. The first kappa shape index (κ1) is 13.3. The summed E-state index contributed by atoms with van der Waals surface area (Å²) in [5, 5.41) is 2.85. The van der Waals surface area contributed by atoms with Crippen LogP contribution in [-0.4, -0.2) is 36.9 Å². The molecular weight excluding hydrogens is 244 g/mol. The van der Waals surface area contributed by atoms with E-state index in [0.29, 0.717) is 5.03 Å². The van der Waals surface area contributed by atoms with E-state index < -0.39 is 0 Å². The molecule has 0 fully saturated rings. The Bertz CT molecular complexity index is 414. The van der Waals surface area contributed by atoms with Crippen molar-refractivity contribution in [2.24, 2.45) is 0 Å². The molecule has 1 heterocycles. The minimum Gasteiger partial charge on any atom is -0.459 e. The van der Waals surface area contributed by atoms with E-state index in [1.807, 2.05) is 0 Å². The Balaban J connectivity index is 2.43. The lowest BCUT2D eigenvalue weighted by atomic mass is 10.4. The van der Waals surface area contributed by atoms with Crippen LogP contribution in [0.3, 0.4) is 0 Å². The van der Waals surface area contributed by atoms with Crippen molar-refractivity contribution in [3.8, 4) is 0 Å². The fourth-order valence-corrected chi connectivity index (χ4v) is 1.19. The van der Waals surface area contributed by atoms with Crippen LogP contribution in [0.2, 0.25) is 0 Å². The fourth-order valence-electron chi connectivity index (χ4n) is 1.13. The molecular formula is C11H13ClN2O3. The second-order valence-corrected chi connectivity index (χ2v) is 3.97. The standard InChI is InChI=1S/C11H13ClN2O3/c1-8(12)6-13-10(15)7-14(2)11(16)9-4-3-5-17-9/h3-5H,1,6-7H2,2H3,(H,13,15). The summed E-state index contributed by atoms with van der Waals surface area (Å²) < 4.78 is 4.94. The largest absolute Gasteiger partial charge is 0.459 e. The molecule has 1 N–H and O–H groups in total. The number of hydrogen-bond donors (Lipinski definition) is 1. The second-order valence-electron chi connectivity index (χ2n) is 3.43. The van der Waals surface area contributed by atoms with Crippen molar-refractivity contribution in [1.29, 1.82) is 0 Å². The monoisotopic (exact) mass is 256 g/mol. The highest BCUT2D eigenvalue weighted by Gasteiger charge is 2.16. The van der Waals surface area contributed by atoms with Gasteiger partial charge in [0.1, 0.15) is 0 Å². The van der Waals surface area contributed by atoms with E-state index in [2.05, 4.69) is 11.9 Å². The van der Waals surface area contributed by atoms with Crippen LogP contribution in [0.5, 0.6) is 0 Å². The molecule has 2 amide bonds. The second kappa shape index (κ2) is 6.10. The molecule has 0 aromatic carbocycles. The first-order chi connectivity index (χ1) is 8.00. The van der Waals surface area contributed by atoms with Crippen LogP contribution < -0.4 is 5.32 Å². The predicted molar refractivity (Wildman–Crippen MR) is 63.7 cm³/mol. The zero-order valence-corrected chi connectivity index (χ0v) is 10.2. The molecule has 0 aliphatic heterocycles. The third-order valence-corrected chi connectivity index (χ3v) is 2.07. The van der Waals surface area contributed by atoms with Gasteiger partial charge >= 0.3 is 0 Å². The summed E-state index contributed by atoms with van der Waals surface area (Å²) in [6.45, 7) is 3.56. The van der Waals surface area contributed by atoms with Crippen LogP contribution in [0.25, 0.3) is 0 Å². The number of likely N-dealkylation sites (N-methyl/N-ethyl adjacent to an activating group) is 1. The maximum absolute atomic E-state index is 11.7. The molecule has 6 heteroatoms. The molecule has 1 aromatic rings. The van der Waals surface area contributed by atoms with Gasteiger partial charge in [-0.05, 0) is 12.1 Å². The Morgan fingerprint density at radius 2 is 2.29 bits per heavy atom. The van der Waals surface area contributed by atoms with Gasteiger partial charge in [-0.25, -0.2) is 0 Å². The first-order valence-corrected chi connectivity index (χ1v) is 5.27. The topological polar surface area (TPSA) is 62.6 Å². The van der Waals surface area contributed by atoms with Gasteiger partial charge < -0.3 is 14.6 Å². The van der Waals surface area contributed by atoms with Crippen LogP contribution in [-0.2, 0) is 4.79 Å². The molecule has 0 saturated carbocycles. The zero-order chi connectivity index (χ0) is 12.8. The molecule has 1 aromatic heterocycles. The number of nitrogens with one attached hydrogen (secondary N) is 1. The highest BCUT2D eigenvalue weighted by atomic mass is 35.5. The number of carbonyl (C=O) groups excluding carboxylic acids is 2. The SMILES string of the molecule is C=C(Cl)CNC(=O)CN(C)C(=O)c1ccco1. The van der Waals surface area contributed by atoms with E-state index >= 15 is 0 Å². The van der Waals surface area contributed by atoms with Gasteiger partial charge in [0.05, 0.1) is 19.4 Å². The third kappa shape index (κ3) is 4.32. The van der Waals surface area contributed by atoms with Crippen molar-refractivity contribution in [3.63, 3.8) is 0 Å². The van der Waals surface area contributed by atoms with Crippen molar-refractivity contribution >= 4 is 23.4 Å². The van der Waals surface area contributed by atoms with Gasteiger partial charge in [0.25, 0.3) is 5.91 Å². The van der Waals surface area contributed by atoms with E-state index in [1.165, 1.54) is 24.3 Å². The summed E-state index contributed by atoms with van der Waals surface area (Å²) in [5.41, 5.74) is 0. The van der Waals surface area contributed by atoms with E-state index in [0.717, 1.165) is 0 Å². The third-order valence-electron chi connectivity index (χ3n) is 1.94. The number of rotatable bonds is 5. The van der Waals surface area contributed by atoms with E-state index in [9.17, 15) is 9.59 Å². The molecule has 92 valence electrons. The van der Waals surface area contributed by atoms with Crippen LogP contribution in [0.15, 0.2) is 34.4 Å². The van der Waals surface area contributed by atoms with Gasteiger partial charge in [0.2, 0.25) is 5.91 Å². The summed E-state index contributed by atoms with van der Waals surface area (Å²) in [6, 6.07) is 3.15. The number of halogens is 1. The molecule has 0 unspecified atom stereocenters. The summed E-state index contributed by atoms with van der Waals surface area (Å²) in [4.78, 5) is 24.3. The molecule has 0 aliphatic rings. The molecule has 0 spiro atoms. The van der Waals surface area contributed by atoms with Crippen molar-refractivity contribution in [2.75, 3.05) is 20.1 Å². The molecule has 0 atom stereocenters. The summed E-state index contributed by atoms with van der Waals surface area (Å²) in [5.74, 6) is -0.467. The van der Waals surface area contributed by atoms with Gasteiger partial charge in [0, 0.05) is 12.1 Å². The van der Waals surface area contributed by atoms with E-state index in [4.69, 9.17) is 16.0 Å². The molecule has 0 bridgehead atoms. The predicted octanol–water partition coefficient (Wildman–Crippen LogP) is 1.22. The van der Waals surface area contributed by atoms with Crippen molar-refractivity contribution in [3.05, 3.63) is 35.8 Å². The molecule has 1 rings (SSSR count). The number of nitrogens with zero attached hydrogens (tertiary/aromatic N) is 1. The van der Waals surface area contributed by atoms with Gasteiger partial charge in [-0.1, -0.05) is 18.2 Å². The lowest BCUT2D eigenvalue weighted by molar-refractivity contribution is -0.121. The fraction of sp³-hybridized carbons (Fsp3) is 0.273. The minimum atomic E-state index is -0.352.